The molecular formula is C17H18ClNO. The molecule has 2 rings (SSSR count). The molecule has 0 radical (unpaired) electrons. The van der Waals surface area contributed by atoms with E-state index in [1.165, 1.54) is 0 Å². The lowest BCUT2D eigenvalue weighted by molar-refractivity contribution is 0.302. The van der Waals surface area contributed by atoms with Gasteiger partial charge in [0.25, 0.3) is 0 Å². The van der Waals surface area contributed by atoms with Gasteiger partial charge in [-0.2, -0.15) is 0 Å². The first kappa shape index (κ1) is 14.6. The molecule has 0 heterocycles. The molecule has 104 valence electrons. The second-order valence-corrected chi connectivity index (χ2v) is 4.91. The van der Waals surface area contributed by atoms with Crippen molar-refractivity contribution < 1.29 is 4.74 Å². The van der Waals surface area contributed by atoms with Crippen LogP contribution in [0.25, 0.3) is 6.08 Å². The van der Waals surface area contributed by atoms with Gasteiger partial charge in [-0.1, -0.05) is 48.5 Å². The Morgan fingerprint density at radius 2 is 2.00 bits per heavy atom. The second kappa shape index (κ2) is 7.13. The van der Waals surface area contributed by atoms with Crippen molar-refractivity contribution >= 4 is 17.7 Å². The fraction of sp³-hybridized carbons (Fsp3) is 0.176. The molecule has 0 amide bonds. The molecule has 0 aromatic heterocycles. The van der Waals surface area contributed by atoms with E-state index < -0.39 is 0 Å². The van der Waals surface area contributed by atoms with Gasteiger partial charge in [-0.15, -0.1) is 0 Å². The predicted molar refractivity (Wildman–Crippen MR) is 85.1 cm³/mol. The maximum atomic E-state index is 5.98. The van der Waals surface area contributed by atoms with Crippen molar-refractivity contribution in [3.8, 4) is 5.75 Å². The molecule has 0 bridgehead atoms. The van der Waals surface area contributed by atoms with E-state index in [-0.39, 0.29) is 0 Å². The Labute approximate surface area is 125 Å². The number of rotatable bonds is 6. The van der Waals surface area contributed by atoms with Gasteiger partial charge < -0.3 is 10.1 Å². The van der Waals surface area contributed by atoms with Gasteiger partial charge in [-0.3, -0.25) is 0 Å². The van der Waals surface area contributed by atoms with Crippen molar-refractivity contribution in [2.75, 3.05) is 7.05 Å². The first-order valence-corrected chi connectivity index (χ1v) is 6.88. The number of nitrogens with one attached hydrogen (secondary N) is 1. The Hall–Kier alpha value is -1.77. The molecule has 0 aliphatic rings. The topological polar surface area (TPSA) is 21.3 Å². The number of hydrogen-bond acceptors (Lipinski definition) is 2. The largest absolute Gasteiger partial charge is 0.489 e. The summed E-state index contributed by atoms with van der Waals surface area (Å²) in [5.74, 6) is 0.895. The summed E-state index contributed by atoms with van der Waals surface area (Å²) in [6, 6.07) is 13.8. The van der Waals surface area contributed by atoms with E-state index in [2.05, 4.69) is 18.0 Å². The van der Waals surface area contributed by atoms with Gasteiger partial charge >= 0.3 is 0 Å². The van der Waals surface area contributed by atoms with Crippen LogP contribution in [0.5, 0.6) is 5.75 Å². The van der Waals surface area contributed by atoms with Crippen molar-refractivity contribution in [2.24, 2.45) is 0 Å². The fourth-order valence-corrected chi connectivity index (χ4v) is 2.20. The van der Waals surface area contributed by atoms with Crippen LogP contribution < -0.4 is 10.1 Å². The molecule has 2 nitrogen and oxygen atoms in total. The lowest BCUT2D eigenvalue weighted by Crippen LogP contribution is -2.07. The van der Waals surface area contributed by atoms with Crippen molar-refractivity contribution in [3.63, 3.8) is 0 Å². The molecule has 0 aliphatic heterocycles. The van der Waals surface area contributed by atoms with Crippen LogP contribution in [0, 0.1) is 0 Å². The summed E-state index contributed by atoms with van der Waals surface area (Å²) in [4.78, 5) is 0. The predicted octanol–water partition coefficient (Wildman–Crippen LogP) is 4.28. The standard InChI is InChI=1S/C17H18ClNO/c1-3-13-10-16(18)9-8-15(13)12-20-17-7-5-4-6-14(17)11-19-2/h3-10,19H,1,11-12H2,2H3. The molecule has 0 aliphatic carbocycles. The summed E-state index contributed by atoms with van der Waals surface area (Å²) in [5, 5.41) is 3.85. The molecule has 0 atom stereocenters. The van der Waals surface area contributed by atoms with Gasteiger partial charge in [-0.25, -0.2) is 0 Å². The first-order chi connectivity index (χ1) is 9.74. The van der Waals surface area contributed by atoms with Gasteiger partial charge in [0, 0.05) is 17.1 Å². The molecule has 1 N–H and O–H groups in total. The van der Waals surface area contributed by atoms with Crippen LogP contribution in [0.4, 0.5) is 0 Å². The zero-order valence-electron chi connectivity index (χ0n) is 11.5. The third-order valence-corrected chi connectivity index (χ3v) is 3.29. The van der Waals surface area contributed by atoms with E-state index in [4.69, 9.17) is 16.3 Å². The zero-order valence-corrected chi connectivity index (χ0v) is 12.3. The van der Waals surface area contributed by atoms with Crippen LogP contribution in [0.1, 0.15) is 16.7 Å². The van der Waals surface area contributed by atoms with Crippen molar-refractivity contribution in [1.82, 2.24) is 5.32 Å². The van der Waals surface area contributed by atoms with Gasteiger partial charge in [-0.05, 0) is 36.4 Å². The molecule has 20 heavy (non-hydrogen) atoms. The monoisotopic (exact) mass is 287 g/mol. The van der Waals surface area contributed by atoms with E-state index in [0.29, 0.717) is 11.6 Å². The minimum Gasteiger partial charge on any atom is -0.489 e. The van der Waals surface area contributed by atoms with Gasteiger partial charge in [0.15, 0.2) is 0 Å². The average molecular weight is 288 g/mol. The Morgan fingerprint density at radius 1 is 1.20 bits per heavy atom. The minimum absolute atomic E-state index is 0.499. The lowest BCUT2D eigenvalue weighted by atomic mass is 10.1. The maximum Gasteiger partial charge on any atom is 0.124 e. The number of hydrogen-bond donors (Lipinski definition) is 1. The lowest BCUT2D eigenvalue weighted by Gasteiger charge is -2.13. The Balaban J connectivity index is 2.15. The summed E-state index contributed by atoms with van der Waals surface area (Å²) in [6.07, 6.45) is 1.80. The maximum absolute atomic E-state index is 5.98. The average Bonchev–Trinajstić information content (AvgIpc) is 2.47. The quantitative estimate of drug-likeness (QED) is 0.856. The molecule has 0 unspecified atom stereocenters. The summed E-state index contributed by atoms with van der Waals surface area (Å²) in [5.41, 5.74) is 3.22. The van der Waals surface area contributed by atoms with Crippen LogP contribution in [0.3, 0.4) is 0 Å². The Kier molecular flexibility index (Phi) is 5.22. The zero-order chi connectivity index (χ0) is 14.4. The Bertz CT molecular complexity index is 595. The molecular weight excluding hydrogens is 270 g/mol. The highest BCUT2D eigenvalue weighted by molar-refractivity contribution is 6.30. The first-order valence-electron chi connectivity index (χ1n) is 6.50. The number of halogens is 1. The van der Waals surface area contributed by atoms with Crippen LogP contribution >= 0.6 is 11.6 Å². The van der Waals surface area contributed by atoms with Crippen LogP contribution in [0.15, 0.2) is 49.0 Å². The number of benzene rings is 2. The van der Waals surface area contributed by atoms with Gasteiger partial charge in [0.05, 0.1) is 0 Å². The third kappa shape index (κ3) is 3.62. The van der Waals surface area contributed by atoms with E-state index in [9.17, 15) is 0 Å². The van der Waals surface area contributed by atoms with E-state index >= 15 is 0 Å². The van der Waals surface area contributed by atoms with Gasteiger partial charge in [0.1, 0.15) is 12.4 Å². The summed E-state index contributed by atoms with van der Waals surface area (Å²) in [7, 11) is 1.92. The highest BCUT2D eigenvalue weighted by atomic mass is 35.5. The molecule has 2 aromatic rings. The number of para-hydroxylation sites is 1. The number of ether oxygens (including phenoxy) is 1. The van der Waals surface area contributed by atoms with Crippen LogP contribution in [-0.2, 0) is 13.2 Å². The Morgan fingerprint density at radius 3 is 2.75 bits per heavy atom. The molecule has 0 spiro atoms. The molecule has 0 saturated heterocycles. The smallest absolute Gasteiger partial charge is 0.124 e. The van der Waals surface area contributed by atoms with Crippen molar-refractivity contribution in [1.29, 1.82) is 0 Å². The van der Waals surface area contributed by atoms with Crippen LogP contribution in [0.2, 0.25) is 5.02 Å². The third-order valence-electron chi connectivity index (χ3n) is 3.05. The normalized spacial score (nSPS) is 10.3. The summed E-state index contributed by atoms with van der Waals surface area (Å²) >= 11 is 5.98. The van der Waals surface area contributed by atoms with E-state index in [0.717, 1.165) is 29.0 Å². The highest BCUT2D eigenvalue weighted by Gasteiger charge is 2.05. The summed E-state index contributed by atoms with van der Waals surface area (Å²) < 4.78 is 5.93. The van der Waals surface area contributed by atoms with E-state index in [1.807, 2.05) is 43.4 Å². The molecule has 0 saturated carbocycles. The minimum atomic E-state index is 0.499. The van der Waals surface area contributed by atoms with Crippen LogP contribution in [-0.4, -0.2) is 7.05 Å². The highest BCUT2D eigenvalue weighted by Crippen LogP contribution is 2.22. The van der Waals surface area contributed by atoms with Crippen molar-refractivity contribution in [3.05, 3.63) is 70.8 Å². The van der Waals surface area contributed by atoms with Crippen molar-refractivity contribution in [2.45, 2.75) is 13.2 Å². The van der Waals surface area contributed by atoms with E-state index in [1.54, 1.807) is 6.08 Å². The molecule has 2 aromatic carbocycles. The molecule has 0 fully saturated rings. The molecule has 3 heteroatoms. The second-order valence-electron chi connectivity index (χ2n) is 4.47. The summed E-state index contributed by atoms with van der Waals surface area (Å²) in [6.45, 7) is 5.09. The SMILES string of the molecule is C=Cc1cc(Cl)ccc1COc1ccccc1CNC. The fourth-order valence-electron chi connectivity index (χ4n) is 2.02. The van der Waals surface area contributed by atoms with Gasteiger partial charge in [0.2, 0.25) is 0 Å².